The largest absolute Gasteiger partial charge is 0.310 e. The van der Waals surface area contributed by atoms with Gasteiger partial charge in [0.25, 0.3) is 0 Å². The zero-order valence-electron chi connectivity index (χ0n) is 11.5. The Kier molecular flexibility index (Phi) is 4.32. The first-order chi connectivity index (χ1) is 8.77. The first-order valence-electron chi connectivity index (χ1n) is 6.85. The monoisotopic (exact) mass is 242 g/mol. The second-order valence-corrected chi connectivity index (χ2v) is 4.84. The first-order valence-corrected chi connectivity index (χ1v) is 6.85. The molecule has 0 amide bonds. The van der Waals surface area contributed by atoms with E-state index in [9.17, 15) is 0 Å². The Hall–Kier alpha value is -1.41. The number of aromatic nitrogens is 1. The third kappa shape index (κ3) is 2.54. The van der Waals surface area contributed by atoms with Crippen molar-refractivity contribution in [2.45, 2.75) is 33.2 Å². The summed E-state index contributed by atoms with van der Waals surface area (Å²) in [6.07, 6.45) is 3.05. The fraction of sp³-hybridized carbons (Fsp3) is 0.438. The summed E-state index contributed by atoms with van der Waals surface area (Å²) in [5.74, 6) is 0.609. The smallest absolute Gasteiger partial charge is 0.0749 e. The van der Waals surface area contributed by atoms with Crippen molar-refractivity contribution in [2.24, 2.45) is 5.92 Å². The fourth-order valence-corrected chi connectivity index (χ4v) is 2.45. The Morgan fingerprint density at radius 3 is 2.67 bits per heavy atom. The third-order valence-electron chi connectivity index (χ3n) is 3.64. The van der Waals surface area contributed by atoms with E-state index >= 15 is 0 Å². The molecule has 0 fully saturated rings. The van der Waals surface area contributed by atoms with Gasteiger partial charge in [0.05, 0.1) is 5.52 Å². The van der Waals surface area contributed by atoms with Crippen LogP contribution in [0.1, 0.15) is 38.8 Å². The highest BCUT2D eigenvalue weighted by atomic mass is 14.9. The van der Waals surface area contributed by atoms with Crippen molar-refractivity contribution in [3.05, 3.63) is 42.1 Å². The molecular weight excluding hydrogens is 220 g/mol. The lowest BCUT2D eigenvalue weighted by Gasteiger charge is -2.25. The van der Waals surface area contributed by atoms with Crippen molar-refractivity contribution < 1.29 is 0 Å². The minimum absolute atomic E-state index is 0.388. The van der Waals surface area contributed by atoms with E-state index in [-0.39, 0.29) is 0 Å². The van der Waals surface area contributed by atoms with Crippen molar-refractivity contribution in [1.82, 2.24) is 10.3 Å². The first kappa shape index (κ1) is 13.0. The van der Waals surface area contributed by atoms with Gasteiger partial charge in [-0.3, -0.25) is 4.98 Å². The van der Waals surface area contributed by atoms with Gasteiger partial charge in [0.1, 0.15) is 0 Å². The van der Waals surface area contributed by atoms with Gasteiger partial charge in [-0.15, -0.1) is 0 Å². The van der Waals surface area contributed by atoms with Crippen LogP contribution in [-0.4, -0.2) is 11.5 Å². The van der Waals surface area contributed by atoms with Crippen LogP contribution in [0, 0.1) is 5.92 Å². The summed E-state index contributed by atoms with van der Waals surface area (Å²) < 4.78 is 0. The van der Waals surface area contributed by atoms with Gasteiger partial charge in [-0.1, -0.05) is 51.5 Å². The molecule has 1 N–H and O–H groups in total. The summed E-state index contributed by atoms with van der Waals surface area (Å²) >= 11 is 0. The number of hydrogen-bond acceptors (Lipinski definition) is 2. The Morgan fingerprint density at radius 2 is 1.94 bits per heavy atom. The number of para-hydroxylation sites is 1. The maximum Gasteiger partial charge on any atom is 0.0749 e. The summed E-state index contributed by atoms with van der Waals surface area (Å²) in [6.45, 7) is 7.69. The summed E-state index contributed by atoms with van der Waals surface area (Å²) in [4.78, 5) is 4.56. The number of hydrogen-bond donors (Lipinski definition) is 1. The molecule has 0 saturated heterocycles. The summed E-state index contributed by atoms with van der Waals surface area (Å²) in [5.41, 5.74) is 2.45. The molecule has 1 heterocycles. The molecule has 2 heteroatoms. The molecule has 1 aromatic heterocycles. The highest BCUT2D eigenvalue weighted by molar-refractivity contribution is 5.82. The number of benzene rings is 1. The quantitative estimate of drug-likeness (QED) is 0.859. The summed E-state index contributed by atoms with van der Waals surface area (Å²) in [5, 5.41) is 4.83. The van der Waals surface area contributed by atoms with Gasteiger partial charge in [0, 0.05) is 17.6 Å². The molecule has 0 aliphatic heterocycles. The van der Waals surface area contributed by atoms with Crippen LogP contribution in [0.15, 0.2) is 36.5 Å². The van der Waals surface area contributed by atoms with Crippen molar-refractivity contribution in [2.75, 3.05) is 6.54 Å². The molecule has 0 aliphatic rings. The van der Waals surface area contributed by atoms with Gasteiger partial charge >= 0.3 is 0 Å². The van der Waals surface area contributed by atoms with E-state index in [0.29, 0.717) is 12.0 Å². The SMILES string of the molecule is CCNC(c1cccc2cccnc12)C(C)CC. The van der Waals surface area contributed by atoms with Crippen molar-refractivity contribution in [3.8, 4) is 0 Å². The number of nitrogens with one attached hydrogen (secondary N) is 1. The molecule has 1 aromatic carbocycles. The number of fused-ring (bicyclic) bond motifs is 1. The van der Waals surface area contributed by atoms with Gasteiger partial charge in [-0.05, 0) is 24.1 Å². The normalized spacial score (nSPS) is 14.6. The predicted octanol–water partition coefficient (Wildman–Crippen LogP) is 3.93. The number of rotatable bonds is 5. The van der Waals surface area contributed by atoms with E-state index in [1.54, 1.807) is 0 Å². The van der Waals surface area contributed by atoms with Gasteiger partial charge in [0.15, 0.2) is 0 Å². The van der Waals surface area contributed by atoms with Gasteiger partial charge in [0.2, 0.25) is 0 Å². The standard InChI is InChI=1S/C16H22N2/c1-4-12(3)15(17-5-2)14-10-6-8-13-9-7-11-18-16(13)14/h6-12,15,17H,4-5H2,1-3H3. The molecule has 0 saturated carbocycles. The summed E-state index contributed by atoms with van der Waals surface area (Å²) in [6, 6.07) is 11.0. The number of nitrogens with zero attached hydrogens (tertiary/aromatic N) is 1. The maximum atomic E-state index is 4.56. The molecule has 0 radical (unpaired) electrons. The minimum atomic E-state index is 0.388. The van der Waals surface area contributed by atoms with Crippen LogP contribution in [0.5, 0.6) is 0 Å². The topological polar surface area (TPSA) is 24.9 Å². The third-order valence-corrected chi connectivity index (χ3v) is 3.64. The van der Waals surface area contributed by atoms with Crippen molar-refractivity contribution in [1.29, 1.82) is 0 Å². The molecule has 0 aliphatic carbocycles. The molecule has 2 rings (SSSR count). The van der Waals surface area contributed by atoms with Crippen LogP contribution in [-0.2, 0) is 0 Å². The van der Waals surface area contributed by atoms with Crippen LogP contribution >= 0.6 is 0 Å². The van der Waals surface area contributed by atoms with E-state index in [1.807, 2.05) is 12.3 Å². The Balaban J connectivity index is 2.49. The van der Waals surface area contributed by atoms with Gasteiger partial charge < -0.3 is 5.32 Å². The fourth-order valence-electron chi connectivity index (χ4n) is 2.45. The average molecular weight is 242 g/mol. The molecule has 2 unspecified atom stereocenters. The highest BCUT2D eigenvalue weighted by Crippen LogP contribution is 2.29. The summed E-state index contributed by atoms with van der Waals surface area (Å²) in [7, 11) is 0. The molecule has 0 bridgehead atoms. The zero-order valence-corrected chi connectivity index (χ0v) is 11.5. The van der Waals surface area contributed by atoms with Crippen molar-refractivity contribution in [3.63, 3.8) is 0 Å². The Bertz CT molecular complexity index is 502. The van der Waals surface area contributed by atoms with Crippen LogP contribution < -0.4 is 5.32 Å². The van der Waals surface area contributed by atoms with Crippen molar-refractivity contribution >= 4 is 10.9 Å². The molecule has 18 heavy (non-hydrogen) atoms. The second kappa shape index (κ2) is 5.96. The van der Waals surface area contributed by atoms with E-state index in [1.165, 1.54) is 17.4 Å². The van der Waals surface area contributed by atoms with Crippen LogP contribution in [0.3, 0.4) is 0 Å². The molecule has 0 spiro atoms. The van der Waals surface area contributed by atoms with Gasteiger partial charge in [-0.2, -0.15) is 0 Å². The van der Waals surface area contributed by atoms with E-state index in [4.69, 9.17) is 0 Å². The zero-order chi connectivity index (χ0) is 13.0. The van der Waals surface area contributed by atoms with E-state index in [0.717, 1.165) is 12.1 Å². The Labute approximate surface area is 109 Å². The lowest BCUT2D eigenvalue weighted by atomic mass is 9.91. The van der Waals surface area contributed by atoms with Crippen LogP contribution in [0.25, 0.3) is 10.9 Å². The second-order valence-electron chi connectivity index (χ2n) is 4.84. The molecule has 2 atom stereocenters. The van der Waals surface area contributed by atoms with E-state index in [2.05, 4.69) is 55.3 Å². The maximum absolute atomic E-state index is 4.56. The molecule has 2 aromatic rings. The van der Waals surface area contributed by atoms with Gasteiger partial charge in [-0.25, -0.2) is 0 Å². The Morgan fingerprint density at radius 1 is 1.17 bits per heavy atom. The predicted molar refractivity (Wildman–Crippen MR) is 77.6 cm³/mol. The van der Waals surface area contributed by atoms with E-state index < -0.39 is 0 Å². The number of pyridine rings is 1. The molecular formula is C16H22N2. The minimum Gasteiger partial charge on any atom is -0.310 e. The average Bonchev–Trinajstić information content (AvgIpc) is 2.43. The highest BCUT2D eigenvalue weighted by Gasteiger charge is 2.19. The lowest BCUT2D eigenvalue weighted by Crippen LogP contribution is -2.26. The molecule has 2 nitrogen and oxygen atoms in total. The molecule has 96 valence electrons. The van der Waals surface area contributed by atoms with Crippen LogP contribution in [0.2, 0.25) is 0 Å². The lowest BCUT2D eigenvalue weighted by molar-refractivity contribution is 0.385. The van der Waals surface area contributed by atoms with Crippen LogP contribution in [0.4, 0.5) is 0 Å².